The summed E-state index contributed by atoms with van der Waals surface area (Å²) >= 11 is 0. The molecule has 1 unspecified atom stereocenters. The molecule has 0 aromatic carbocycles. The number of nitrogens with zero attached hydrogens (tertiary/aromatic N) is 5. The Kier molecular flexibility index (Phi) is 2.71. The molecule has 7 nitrogen and oxygen atoms in total. The summed E-state index contributed by atoms with van der Waals surface area (Å²) in [5.74, 6) is -0.0686. The molecule has 3 heterocycles. The van der Waals surface area contributed by atoms with Gasteiger partial charge in [-0.3, -0.25) is 9.78 Å². The van der Waals surface area contributed by atoms with Crippen LogP contribution in [0.25, 0.3) is 0 Å². The molecule has 18 heavy (non-hydrogen) atoms. The highest BCUT2D eigenvalue weighted by molar-refractivity contribution is 5.90. The summed E-state index contributed by atoms with van der Waals surface area (Å²) < 4.78 is 0. The third-order valence-electron chi connectivity index (χ3n) is 3.12. The van der Waals surface area contributed by atoms with Crippen molar-refractivity contribution in [2.24, 2.45) is 0 Å². The van der Waals surface area contributed by atoms with Crippen molar-refractivity contribution in [3.63, 3.8) is 0 Å². The zero-order chi connectivity index (χ0) is 12.4. The van der Waals surface area contributed by atoms with Crippen LogP contribution >= 0.6 is 0 Å². The molecular weight excluding hydrogens is 232 g/mol. The summed E-state index contributed by atoms with van der Waals surface area (Å²) in [6.07, 6.45) is 5.44. The van der Waals surface area contributed by atoms with Crippen molar-refractivity contribution >= 4 is 5.91 Å². The molecule has 0 spiro atoms. The lowest BCUT2D eigenvalue weighted by Crippen LogP contribution is -2.31. The van der Waals surface area contributed by atoms with Gasteiger partial charge in [0.1, 0.15) is 0 Å². The normalized spacial score (nSPS) is 19.1. The first-order valence-electron chi connectivity index (χ1n) is 5.80. The van der Waals surface area contributed by atoms with E-state index in [2.05, 4.69) is 25.6 Å². The van der Waals surface area contributed by atoms with Crippen LogP contribution in [0.3, 0.4) is 0 Å². The Morgan fingerprint density at radius 3 is 3.17 bits per heavy atom. The molecule has 3 rings (SSSR count). The van der Waals surface area contributed by atoms with Gasteiger partial charge in [0.25, 0.3) is 11.7 Å². The van der Waals surface area contributed by atoms with Gasteiger partial charge in [0.2, 0.25) is 0 Å². The molecule has 1 aliphatic rings. The number of aromatic amines is 1. The highest BCUT2D eigenvalue weighted by Gasteiger charge is 2.32. The monoisotopic (exact) mass is 244 g/mol. The van der Waals surface area contributed by atoms with E-state index in [0.717, 1.165) is 18.4 Å². The maximum absolute atomic E-state index is 12.2. The Hall–Kier alpha value is -2.31. The maximum atomic E-state index is 12.2. The lowest BCUT2D eigenvalue weighted by atomic mass is 10.1. The van der Waals surface area contributed by atoms with E-state index in [1.165, 1.54) is 0 Å². The van der Waals surface area contributed by atoms with Gasteiger partial charge in [-0.05, 0) is 29.7 Å². The summed E-state index contributed by atoms with van der Waals surface area (Å²) in [6, 6.07) is 3.93. The molecule has 1 aliphatic heterocycles. The predicted octanol–water partition coefficient (Wildman–Crippen LogP) is 0.572. The Labute approximate surface area is 103 Å². The van der Waals surface area contributed by atoms with Gasteiger partial charge >= 0.3 is 0 Å². The zero-order valence-electron chi connectivity index (χ0n) is 9.65. The average molecular weight is 244 g/mol. The van der Waals surface area contributed by atoms with Crippen molar-refractivity contribution in [1.82, 2.24) is 30.5 Å². The third kappa shape index (κ3) is 1.83. The SMILES string of the molecule is O=C(c1nn[nH]n1)N1CCCC1c1cccnc1. The van der Waals surface area contributed by atoms with Gasteiger partial charge in [-0.25, -0.2) is 0 Å². The maximum Gasteiger partial charge on any atom is 0.295 e. The molecule has 2 aromatic rings. The van der Waals surface area contributed by atoms with Crippen molar-refractivity contribution in [3.8, 4) is 0 Å². The van der Waals surface area contributed by atoms with Crippen LogP contribution in [-0.2, 0) is 0 Å². The highest BCUT2D eigenvalue weighted by Crippen LogP contribution is 2.31. The first-order valence-corrected chi connectivity index (χ1v) is 5.80. The van der Waals surface area contributed by atoms with Gasteiger partial charge in [-0.1, -0.05) is 6.07 Å². The van der Waals surface area contributed by atoms with E-state index in [9.17, 15) is 4.79 Å². The van der Waals surface area contributed by atoms with Gasteiger partial charge in [0.15, 0.2) is 0 Å². The number of amides is 1. The third-order valence-corrected chi connectivity index (χ3v) is 3.12. The molecule has 1 saturated heterocycles. The first kappa shape index (κ1) is 10.8. The minimum Gasteiger partial charge on any atom is -0.329 e. The van der Waals surface area contributed by atoms with Crippen molar-refractivity contribution in [2.45, 2.75) is 18.9 Å². The van der Waals surface area contributed by atoms with Crippen LogP contribution in [0.5, 0.6) is 0 Å². The largest absolute Gasteiger partial charge is 0.329 e. The van der Waals surface area contributed by atoms with Crippen molar-refractivity contribution in [2.75, 3.05) is 6.54 Å². The first-order chi connectivity index (χ1) is 8.86. The van der Waals surface area contributed by atoms with Crippen LogP contribution in [-0.4, -0.2) is 43.0 Å². The molecule has 1 amide bonds. The molecule has 7 heteroatoms. The van der Waals surface area contributed by atoms with Crippen LogP contribution in [0.15, 0.2) is 24.5 Å². The van der Waals surface area contributed by atoms with Gasteiger partial charge in [-0.2, -0.15) is 5.21 Å². The molecule has 1 N–H and O–H groups in total. The van der Waals surface area contributed by atoms with Gasteiger partial charge in [-0.15, -0.1) is 10.2 Å². The Morgan fingerprint density at radius 1 is 1.50 bits per heavy atom. The van der Waals surface area contributed by atoms with E-state index in [1.807, 2.05) is 12.1 Å². The molecule has 0 radical (unpaired) electrons. The number of carbonyl (C=O) groups excluding carboxylic acids is 1. The molecule has 0 aliphatic carbocycles. The van der Waals surface area contributed by atoms with E-state index in [4.69, 9.17) is 0 Å². The topological polar surface area (TPSA) is 87.7 Å². The van der Waals surface area contributed by atoms with Crippen molar-refractivity contribution in [3.05, 3.63) is 35.9 Å². The smallest absolute Gasteiger partial charge is 0.295 e. The van der Waals surface area contributed by atoms with Crippen LogP contribution in [0, 0.1) is 0 Å². The minimum absolute atomic E-state index is 0.0599. The second kappa shape index (κ2) is 4.52. The van der Waals surface area contributed by atoms with Crippen LogP contribution in [0.1, 0.15) is 35.1 Å². The van der Waals surface area contributed by atoms with E-state index in [-0.39, 0.29) is 17.8 Å². The number of carbonyl (C=O) groups is 1. The summed E-state index contributed by atoms with van der Waals surface area (Å²) in [4.78, 5) is 18.1. The highest BCUT2D eigenvalue weighted by atomic mass is 16.2. The molecule has 0 saturated carbocycles. The second-order valence-electron chi connectivity index (χ2n) is 4.18. The lowest BCUT2D eigenvalue weighted by Gasteiger charge is -2.23. The van der Waals surface area contributed by atoms with Gasteiger partial charge < -0.3 is 4.90 Å². The predicted molar refractivity (Wildman–Crippen MR) is 61.4 cm³/mol. The average Bonchev–Trinajstić information content (AvgIpc) is 3.10. The number of H-pyrrole nitrogens is 1. The molecule has 92 valence electrons. The zero-order valence-corrected chi connectivity index (χ0v) is 9.65. The fourth-order valence-corrected chi connectivity index (χ4v) is 2.31. The Balaban J connectivity index is 1.86. The van der Waals surface area contributed by atoms with E-state index in [0.29, 0.717) is 6.54 Å². The minimum atomic E-state index is -0.185. The van der Waals surface area contributed by atoms with Gasteiger partial charge in [0.05, 0.1) is 6.04 Å². The van der Waals surface area contributed by atoms with Crippen molar-refractivity contribution in [1.29, 1.82) is 0 Å². The van der Waals surface area contributed by atoms with E-state index < -0.39 is 0 Å². The van der Waals surface area contributed by atoms with Crippen molar-refractivity contribution < 1.29 is 4.79 Å². The molecular formula is C11H12N6O. The molecule has 1 fully saturated rings. The fraction of sp³-hybridized carbons (Fsp3) is 0.364. The van der Waals surface area contributed by atoms with Gasteiger partial charge in [0, 0.05) is 18.9 Å². The number of pyridine rings is 1. The lowest BCUT2D eigenvalue weighted by molar-refractivity contribution is 0.0723. The van der Waals surface area contributed by atoms with Crippen LogP contribution in [0.4, 0.5) is 0 Å². The summed E-state index contributed by atoms with van der Waals surface area (Å²) in [5, 5.41) is 13.2. The molecule has 1 atom stereocenters. The van der Waals surface area contributed by atoms with E-state index in [1.54, 1.807) is 17.3 Å². The number of tetrazole rings is 1. The second-order valence-corrected chi connectivity index (χ2v) is 4.18. The molecule has 0 bridgehead atoms. The number of rotatable bonds is 2. The van der Waals surface area contributed by atoms with E-state index >= 15 is 0 Å². The fourth-order valence-electron chi connectivity index (χ4n) is 2.31. The number of hydrogen-bond donors (Lipinski definition) is 1. The number of nitrogens with one attached hydrogen (secondary N) is 1. The summed E-state index contributed by atoms with van der Waals surface area (Å²) in [7, 11) is 0. The Morgan fingerprint density at radius 2 is 2.44 bits per heavy atom. The Bertz CT molecular complexity index is 526. The molecule has 2 aromatic heterocycles. The number of likely N-dealkylation sites (tertiary alicyclic amines) is 1. The summed E-state index contributed by atoms with van der Waals surface area (Å²) in [6.45, 7) is 0.715. The number of aromatic nitrogens is 5. The quantitative estimate of drug-likeness (QED) is 0.834. The standard InChI is InChI=1S/C11H12N6O/c18-11(10-13-15-16-14-10)17-6-2-4-9(17)8-3-1-5-12-7-8/h1,3,5,7,9H,2,4,6H2,(H,13,14,15,16). The van der Waals surface area contributed by atoms with Crippen LogP contribution < -0.4 is 0 Å². The number of hydrogen-bond acceptors (Lipinski definition) is 5. The summed E-state index contributed by atoms with van der Waals surface area (Å²) in [5.41, 5.74) is 1.05. The van der Waals surface area contributed by atoms with Crippen LogP contribution in [0.2, 0.25) is 0 Å².